The molecule has 0 unspecified atom stereocenters. The molecule has 76 valence electrons. The molecule has 1 aromatic heterocycles. The highest BCUT2D eigenvalue weighted by Crippen LogP contribution is 2.36. The summed E-state index contributed by atoms with van der Waals surface area (Å²) in [4.78, 5) is 2.29. The Kier molecular flexibility index (Phi) is 1.62. The van der Waals surface area contributed by atoms with Crippen molar-refractivity contribution in [3.05, 3.63) is 11.3 Å². The SMILES string of the molecule is CN1Cc2c(N)nn(C3CCC3)c2C1. The standard InChI is InChI=1S/C10H16N4/c1-13-5-8-9(6-13)14(12-10(8)11)7-3-2-4-7/h7H,2-6H2,1H3,(H2,11,12). The minimum Gasteiger partial charge on any atom is -0.382 e. The third kappa shape index (κ3) is 1.00. The van der Waals surface area contributed by atoms with Crippen molar-refractivity contribution in [1.29, 1.82) is 0 Å². The molecule has 0 amide bonds. The number of nitrogen functional groups attached to an aromatic ring is 1. The maximum Gasteiger partial charge on any atom is 0.150 e. The van der Waals surface area contributed by atoms with Crippen molar-refractivity contribution < 1.29 is 0 Å². The van der Waals surface area contributed by atoms with Gasteiger partial charge in [0.1, 0.15) is 5.82 Å². The maximum absolute atomic E-state index is 5.91. The molecule has 4 heteroatoms. The highest BCUT2D eigenvalue weighted by atomic mass is 15.4. The molecule has 0 atom stereocenters. The van der Waals surface area contributed by atoms with Crippen LogP contribution in [0, 0.1) is 0 Å². The lowest BCUT2D eigenvalue weighted by atomic mass is 9.93. The Balaban J connectivity index is 2.01. The second-order valence-corrected chi connectivity index (χ2v) is 4.51. The zero-order chi connectivity index (χ0) is 9.71. The van der Waals surface area contributed by atoms with Gasteiger partial charge >= 0.3 is 0 Å². The lowest BCUT2D eigenvalue weighted by Crippen LogP contribution is -2.21. The van der Waals surface area contributed by atoms with E-state index >= 15 is 0 Å². The predicted molar refractivity (Wildman–Crippen MR) is 54.7 cm³/mol. The predicted octanol–water partition coefficient (Wildman–Crippen LogP) is 1.14. The summed E-state index contributed by atoms with van der Waals surface area (Å²) in [5.41, 5.74) is 8.53. The Labute approximate surface area is 83.7 Å². The summed E-state index contributed by atoms with van der Waals surface area (Å²) in [6, 6.07) is 0.632. The molecule has 2 N–H and O–H groups in total. The first-order valence-corrected chi connectivity index (χ1v) is 5.30. The van der Waals surface area contributed by atoms with Crippen LogP contribution in [0.4, 0.5) is 5.82 Å². The van der Waals surface area contributed by atoms with Crippen molar-refractivity contribution >= 4 is 5.82 Å². The Morgan fingerprint density at radius 3 is 2.79 bits per heavy atom. The van der Waals surface area contributed by atoms with E-state index in [9.17, 15) is 0 Å². The number of nitrogens with two attached hydrogens (primary N) is 1. The van der Waals surface area contributed by atoms with Crippen LogP contribution >= 0.6 is 0 Å². The number of anilines is 1. The van der Waals surface area contributed by atoms with Crippen molar-refractivity contribution in [2.45, 2.75) is 38.4 Å². The zero-order valence-electron chi connectivity index (χ0n) is 8.53. The molecule has 1 saturated carbocycles. The molecule has 2 aliphatic rings. The van der Waals surface area contributed by atoms with E-state index in [1.807, 2.05) is 0 Å². The molecule has 0 aromatic carbocycles. The Hall–Kier alpha value is -1.03. The monoisotopic (exact) mass is 192 g/mol. The van der Waals surface area contributed by atoms with Gasteiger partial charge in [0, 0.05) is 18.7 Å². The Bertz CT molecular complexity index is 364. The Morgan fingerprint density at radius 2 is 2.14 bits per heavy atom. The second kappa shape index (κ2) is 2.73. The molecule has 14 heavy (non-hydrogen) atoms. The van der Waals surface area contributed by atoms with Crippen LogP contribution in [0.3, 0.4) is 0 Å². The topological polar surface area (TPSA) is 47.1 Å². The average molecular weight is 192 g/mol. The quantitative estimate of drug-likeness (QED) is 0.725. The zero-order valence-corrected chi connectivity index (χ0v) is 8.53. The molecule has 0 saturated heterocycles. The van der Waals surface area contributed by atoms with Gasteiger partial charge in [-0.3, -0.25) is 9.58 Å². The Morgan fingerprint density at radius 1 is 1.36 bits per heavy atom. The van der Waals surface area contributed by atoms with Crippen molar-refractivity contribution in [2.24, 2.45) is 0 Å². The maximum atomic E-state index is 5.91. The van der Waals surface area contributed by atoms with Gasteiger partial charge in [0.05, 0.1) is 11.7 Å². The fourth-order valence-electron chi connectivity index (χ4n) is 2.38. The van der Waals surface area contributed by atoms with Gasteiger partial charge in [-0.15, -0.1) is 0 Å². The van der Waals surface area contributed by atoms with Gasteiger partial charge in [-0.25, -0.2) is 0 Å². The summed E-state index contributed by atoms with van der Waals surface area (Å²) in [6.07, 6.45) is 3.89. The summed E-state index contributed by atoms with van der Waals surface area (Å²) >= 11 is 0. The highest BCUT2D eigenvalue weighted by molar-refractivity contribution is 5.45. The van der Waals surface area contributed by atoms with Crippen molar-refractivity contribution in [3.8, 4) is 0 Å². The molecule has 0 spiro atoms. The molecule has 1 fully saturated rings. The van der Waals surface area contributed by atoms with E-state index in [-0.39, 0.29) is 0 Å². The summed E-state index contributed by atoms with van der Waals surface area (Å²) in [6.45, 7) is 1.98. The van der Waals surface area contributed by atoms with Gasteiger partial charge in [0.15, 0.2) is 0 Å². The molecule has 0 radical (unpaired) electrons. The third-order valence-electron chi connectivity index (χ3n) is 3.42. The number of hydrogen-bond acceptors (Lipinski definition) is 3. The molecular formula is C10H16N4. The van der Waals surface area contributed by atoms with E-state index in [2.05, 4.69) is 21.7 Å². The largest absolute Gasteiger partial charge is 0.382 e. The van der Waals surface area contributed by atoms with Gasteiger partial charge in [-0.1, -0.05) is 0 Å². The second-order valence-electron chi connectivity index (χ2n) is 4.51. The average Bonchev–Trinajstić information content (AvgIpc) is 2.51. The summed E-state index contributed by atoms with van der Waals surface area (Å²) in [5, 5.41) is 4.46. The van der Waals surface area contributed by atoms with E-state index in [0.717, 1.165) is 18.9 Å². The lowest BCUT2D eigenvalue weighted by Gasteiger charge is -2.27. The van der Waals surface area contributed by atoms with E-state index in [1.165, 1.54) is 30.5 Å². The highest BCUT2D eigenvalue weighted by Gasteiger charge is 2.30. The number of hydrogen-bond donors (Lipinski definition) is 1. The van der Waals surface area contributed by atoms with Crippen LogP contribution in [-0.4, -0.2) is 21.7 Å². The minimum atomic E-state index is 0.632. The van der Waals surface area contributed by atoms with Crippen LogP contribution in [0.5, 0.6) is 0 Å². The first-order valence-electron chi connectivity index (χ1n) is 5.30. The molecule has 1 aliphatic heterocycles. The van der Waals surface area contributed by atoms with Gasteiger partial charge in [-0.2, -0.15) is 5.10 Å². The van der Waals surface area contributed by atoms with Crippen LogP contribution in [0.15, 0.2) is 0 Å². The number of nitrogens with zero attached hydrogens (tertiary/aromatic N) is 3. The molecule has 2 heterocycles. The van der Waals surface area contributed by atoms with Crippen molar-refractivity contribution in [2.75, 3.05) is 12.8 Å². The van der Waals surface area contributed by atoms with Gasteiger partial charge in [-0.05, 0) is 26.3 Å². The molecule has 1 aromatic rings. The molecule has 1 aliphatic carbocycles. The van der Waals surface area contributed by atoms with Crippen molar-refractivity contribution in [1.82, 2.24) is 14.7 Å². The van der Waals surface area contributed by atoms with Gasteiger partial charge in [0.2, 0.25) is 0 Å². The van der Waals surface area contributed by atoms with Crippen molar-refractivity contribution in [3.63, 3.8) is 0 Å². The van der Waals surface area contributed by atoms with Crippen LogP contribution in [0.1, 0.15) is 36.6 Å². The lowest BCUT2D eigenvalue weighted by molar-refractivity contribution is 0.270. The van der Waals surface area contributed by atoms with E-state index in [0.29, 0.717) is 6.04 Å². The summed E-state index contributed by atoms with van der Waals surface area (Å²) in [7, 11) is 2.13. The summed E-state index contributed by atoms with van der Waals surface area (Å²) in [5.74, 6) is 0.747. The number of fused-ring (bicyclic) bond motifs is 1. The van der Waals surface area contributed by atoms with Gasteiger partial charge in [0.25, 0.3) is 0 Å². The molecular weight excluding hydrogens is 176 g/mol. The first-order chi connectivity index (χ1) is 6.75. The van der Waals surface area contributed by atoms with Crippen LogP contribution in [0.2, 0.25) is 0 Å². The minimum absolute atomic E-state index is 0.632. The van der Waals surface area contributed by atoms with Crippen LogP contribution < -0.4 is 5.73 Å². The normalized spacial score (nSPS) is 22.4. The van der Waals surface area contributed by atoms with Crippen LogP contribution in [-0.2, 0) is 13.1 Å². The smallest absolute Gasteiger partial charge is 0.150 e. The fraction of sp³-hybridized carbons (Fsp3) is 0.700. The number of rotatable bonds is 1. The molecule has 4 nitrogen and oxygen atoms in total. The first kappa shape index (κ1) is 8.29. The molecule has 0 bridgehead atoms. The fourth-order valence-corrected chi connectivity index (χ4v) is 2.38. The third-order valence-corrected chi connectivity index (χ3v) is 3.42. The van der Waals surface area contributed by atoms with E-state index < -0.39 is 0 Å². The number of aromatic nitrogens is 2. The van der Waals surface area contributed by atoms with Crippen LogP contribution in [0.25, 0.3) is 0 Å². The summed E-state index contributed by atoms with van der Waals surface area (Å²) < 4.78 is 2.18. The van der Waals surface area contributed by atoms with E-state index in [4.69, 9.17) is 5.73 Å². The van der Waals surface area contributed by atoms with E-state index in [1.54, 1.807) is 0 Å². The van der Waals surface area contributed by atoms with Gasteiger partial charge < -0.3 is 5.73 Å². The molecule has 3 rings (SSSR count).